The van der Waals surface area contributed by atoms with Crippen LogP contribution in [0.1, 0.15) is 18.4 Å². The highest BCUT2D eigenvalue weighted by atomic mass is 32.2. The summed E-state index contributed by atoms with van der Waals surface area (Å²) in [4.78, 5) is -0.0238. The van der Waals surface area contributed by atoms with Crippen molar-refractivity contribution in [2.45, 2.75) is 30.7 Å². The first-order valence-corrected chi connectivity index (χ1v) is 7.50. The zero-order valence-corrected chi connectivity index (χ0v) is 11.5. The molecule has 0 spiro atoms. The molecule has 1 heterocycles. The van der Waals surface area contributed by atoms with Crippen LogP contribution >= 0.6 is 0 Å². The molecule has 3 N–H and O–H groups in total. The van der Waals surface area contributed by atoms with Gasteiger partial charge in [0.15, 0.2) is 0 Å². The fourth-order valence-corrected chi connectivity index (χ4v) is 4.16. The van der Waals surface area contributed by atoms with Gasteiger partial charge in [0.25, 0.3) is 0 Å². The summed E-state index contributed by atoms with van der Waals surface area (Å²) in [7, 11) is -3.74. The van der Waals surface area contributed by atoms with E-state index in [0.29, 0.717) is 19.4 Å². The van der Waals surface area contributed by atoms with E-state index >= 15 is 0 Å². The quantitative estimate of drug-likeness (QED) is 0.808. The molecule has 19 heavy (non-hydrogen) atoms. The summed E-state index contributed by atoms with van der Waals surface area (Å²) in [5.41, 5.74) is 5.49. The van der Waals surface area contributed by atoms with E-state index in [1.165, 1.54) is 17.3 Å². The monoisotopic (exact) mass is 288 g/mol. The minimum atomic E-state index is -3.74. The van der Waals surface area contributed by atoms with Gasteiger partial charge in [0.05, 0.1) is 17.2 Å². The Morgan fingerprint density at radius 1 is 1.53 bits per heavy atom. The van der Waals surface area contributed by atoms with E-state index in [0.717, 1.165) is 6.07 Å². The van der Waals surface area contributed by atoms with Crippen LogP contribution in [0.15, 0.2) is 17.0 Å². The second-order valence-corrected chi connectivity index (χ2v) is 6.63. The van der Waals surface area contributed by atoms with Gasteiger partial charge >= 0.3 is 0 Å². The first-order valence-electron chi connectivity index (χ1n) is 6.06. The number of hydrogen-bond acceptors (Lipinski definition) is 4. The number of nitrogens with two attached hydrogens (primary N) is 1. The van der Waals surface area contributed by atoms with Gasteiger partial charge in [-0.1, -0.05) is 0 Å². The molecule has 106 valence electrons. The molecule has 1 aromatic rings. The van der Waals surface area contributed by atoms with Crippen molar-refractivity contribution in [3.63, 3.8) is 0 Å². The number of rotatable bonds is 3. The Bertz CT molecular complexity index is 566. The standard InChI is InChI=1S/C12H17FN2O3S/c1-8-5-10(6-11(14)12(8)13)19(17,18)15-4-2-3-9(15)7-16/h5-6,9,16H,2-4,7,14H2,1H3/t9-/m1/s1. The van der Waals surface area contributed by atoms with Crippen molar-refractivity contribution in [3.8, 4) is 0 Å². The van der Waals surface area contributed by atoms with Gasteiger partial charge < -0.3 is 10.8 Å². The van der Waals surface area contributed by atoms with Crippen molar-refractivity contribution < 1.29 is 17.9 Å². The first-order chi connectivity index (χ1) is 8.87. The maximum absolute atomic E-state index is 13.4. The van der Waals surface area contributed by atoms with E-state index < -0.39 is 21.9 Å². The minimum absolute atomic E-state index is 0.0238. The molecule has 0 aliphatic carbocycles. The van der Waals surface area contributed by atoms with E-state index in [1.807, 2.05) is 0 Å². The number of aliphatic hydroxyl groups is 1. The maximum Gasteiger partial charge on any atom is 0.243 e. The third kappa shape index (κ3) is 2.45. The number of halogens is 1. The van der Waals surface area contributed by atoms with Crippen LogP contribution in [0.5, 0.6) is 0 Å². The number of aryl methyl sites for hydroxylation is 1. The van der Waals surface area contributed by atoms with Crippen LogP contribution in [-0.4, -0.2) is 37.0 Å². The van der Waals surface area contributed by atoms with Crippen LogP contribution in [0.4, 0.5) is 10.1 Å². The van der Waals surface area contributed by atoms with Crippen LogP contribution in [0.25, 0.3) is 0 Å². The van der Waals surface area contributed by atoms with Crippen LogP contribution < -0.4 is 5.73 Å². The summed E-state index contributed by atoms with van der Waals surface area (Å²) in [5, 5.41) is 9.21. The number of nitrogen functional groups attached to an aromatic ring is 1. The Labute approximate surface area is 111 Å². The second kappa shape index (κ2) is 5.07. The summed E-state index contributed by atoms with van der Waals surface area (Å²) in [6.45, 7) is 1.62. The Morgan fingerprint density at radius 3 is 2.79 bits per heavy atom. The van der Waals surface area contributed by atoms with E-state index in [-0.39, 0.29) is 22.8 Å². The molecule has 1 aliphatic rings. The Balaban J connectivity index is 2.45. The summed E-state index contributed by atoms with van der Waals surface area (Å²) >= 11 is 0. The lowest BCUT2D eigenvalue weighted by atomic mass is 10.2. The molecule has 5 nitrogen and oxygen atoms in total. The number of hydrogen-bond donors (Lipinski definition) is 2. The smallest absolute Gasteiger partial charge is 0.243 e. The van der Waals surface area contributed by atoms with Crippen molar-refractivity contribution in [2.24, 2.45) is 0 Å². The zero-order valence-electron chi connectivity index (χ0n) is 10.6. The SMILES string of the molecule is Cc1cc(S(=O)(=O)N2CCC[C@@H]2CO)cc(N)c1F. The molecule has 1 aliphatic heterocycles. The first kappa shape index (κ1) is 14.2. The fraction of sp³-hybridized carbons (Fsp3) is 0.500. The Morgan fingerprint density at radius 2 is 2.21 bits per heavy atom. The molecule has 1 saturated heterocycles. The molecular formula is C12H17FN2O3S. The van der Waals surface area contributed by atoms with Crippen molar-refractivity contribution in [3.05, 3.63) is 23.5 Å². The zero-order chi connectivity index (χ0) is 14.2. The highest BCUT2D eigenvalue weighted by molar-refractivity contribution is 7.89. The van der Waals surface area contributed by atoms with Gasteiger partial charge in [-0.2, -0.15) is 4.31 Å². The van der Waals surface area contributed by atoms with E-state index in [2.05, 4.69) is 0 Å². The predicted molar refractivity (Wildman–Crippen MR) is 69.5 cm³/mol. The highest BCUT2D eigenvalue weighted by Crippen LogP contribution is 2.28. The molecule has 0 amide bonds. The summed E-state index contributed by atoms with van der Waals surface area (Å²) < 4.78 is 39.6. The molecule has 0 saturated carbocycles. The molecule has 7 heteroatoms. The molecule has 1 atom stereocenters. The van der Waals surface area contributed by atoms with Gasteiger partial charge in [0.1, 0.15) is 5.82 Å². The van der Waals surface area contributed by atoms with E-state index in [9.17, 15) is 17.9 Å². The lowest BCUT2D eigenvalue weighted by Crippen LogP contribution is -2.37. The van der Waals surface area contributed by atoms with Gasteiger partial charge in [0, 0.05) is 12.6 Å². The lowest BCUT2D eigenvalue weighted by Gasteiger charge is -2.22. The lowest BCUT2D eigenvalue weighted by molar-refractivity contribution is 0.213. The third-order valence-corrected chi connectivity index (χ3v) is 5.33. The van der Waals surface area contributed by atoms with Crippen molar-refractivity contribution >= 4 is 15.7 Å². The van der Waals surface area contributed by atoms with Crippen LogP contribution in [0.2, 0.25) is 0 Å². The number of anilines is 1. The third-order valence-electron chi connectivity index (χ3n) is 3.40. The minimum Gasteiger partial charge on any atom is -0.396 e. The summed E-state index contributed by atoms with van der Waals surface area (Å²) in [5.74, 6) is -0.598. The van der Waals surface area contributed by atoms with Crippen LogP contribution in [0.3, 0.4) is 0 Å². The largest absolute Gasteiger partial charge is 0.396 e. The van der Waals surface area contributed by atoms with E-state index in [4.69, 9.17) is 5.73 Å². The predicted octanol–water partition coefficient (Wildman–Crippen LogP) is 0.862. The average molecular weight is 288 g/mol. The van der Waals surface area contributed by atoms with Crippen molar-refractivity contribution in [1.29, 1.82) is 0 Å². The van der Waals surface area contributed by atoms with Crippen LogP contribution in [-0.2, 0) is 10.0 Å². The van der Waals surface area contributed by atoms with Gasteiger partial charge in [-0.25, -0.2) is 12.8 Å². The number of benzene rings is 1. The number of aliphatic hydroxyl groups excluding tert-OH is 1. The fourth-order valence-electron chi connectivity index (χ4n) is 2.36. The van der Waals surface area contributed by atoms with Gasteiger partial charge in [-0.3, -0.25) is 0 Å². The topological polar surface area (TPSA) is 83.6 Å². The van der Waals surface area contributed by atoms with Crippen LogP contribution in [0, 0.1) is 12.7 Å². The average Bonchev–Trinajstić information content (AvgIpc) is 2.84. The molecule has 1 fully saturated rings. The van der Waals surface area contributed by atoms with Gasteiger partial charge in [0.2, 0.25) is 10.0 Å². The summed E-state index contributed by atoms with van der Waals surface area (Å²) in [6.07, 6.45) is 1.34. The number of nitrogens with zero attached hydrogens (tertiary/aromatic N) is 1. The Hall–Kier alpha value is -1.18. The van der Waals surface area contributed by atoms with Gasteiger partial charge in [-0.05, 0) is 37.5 Å². The van der Waals surface area contributed by atoms with Crippen molar-refractivity contribution in [1.82, 2.24) is 4.31 Å². The summed E-state index contributed by atoms with van der Waals surface area (Å²) in [6, 6.07) is 2.00. The molecule has 0 unspecified atom stereocenters. The highest BCUT2D eigenvalue weighted by Gasteiger charge is 2.35. The van der Waals surface area contributed by atoms with Gasteiger partial charge in [-0.15, -0.1) is 0 Å². The molecule has 2 rings (SSSR count). The molecular weight excluding hydrogens is 271 g/mol. The van der Waals surface area contributed by atoms with Crippen molar-refractivity contribution in [2.75, 3.05) is 18.9 Å². The molecule has 0 radical (unpaired) electrons. The normalized spacial score (nSPS) is 20.9. The molecule has 0 aromatic heterocycles. The Kier molecular flexibility index (Phi) is 3.80. The molecule has 1 aromatic carbocycles. The second-order valence-electron chi connectivity index (χ2n) is 4.74. The van der Waals surface area contributed by atoms with E-state index in [1.54, 1.807) is 0 Å². The number of sulfonamides is 1. The molecule has 0 bridgehead atoms. The maximum atomic E-state index is 13.4.